The summed E-state index contributed by atoms with van der Waals surface area (Å²) in [6, 6.07) is 12.2. The van der Waals surface area contributed by atoms with Gasteiger partial charge in [-0.05, 0) is 66.4 Å². The van der Waals surface area contributed by atoms with Crippen molar-refractivity contribution in [1.29, 1.82) is 0 Å². The Bertz CT molecular complexity index is 626. The smallest absolute Gasteiger partial charge is 0.130 e. The maximum atomic E-state index is 6.17. The predicted molar refractivity (Wildman–Crippen MR) is 95.2 cm³/mol. The molecule has 0 fully saturated rings. The zero-order chi connectivity index (χ0) is 15.4. The average molecular weight is 413 g/mol. The third kappa shape index (κ3) is 4.31. The van der Waals surface area contributed by atoms with Crippen molar-refractivity contribution in [2.24, 2.45) is 5.73 Å². The Hall–Kier alpha value is -0.840. The lowest BCUT2D eigenvalue weighted by Gasteiger charge is -2.16. The van der Waals surface area contributed by atoms with E-state index in [1.54, 1.807) is 0 Å². The van der Waals surface area contributed by atoms with Crippen LogP contribution < -0.4 is 10.5 Å². The summed E-state index contributed by atoms with van der Waals surface area (Å²) in [5.74, 6) is 2.16. The van der Waals surface area contributed by atoms with Gasteiger partial charge in [-0.1, -0.05) is 45.7 Å². The first kappa shape index (κ1) is 16.5. The highest BCUT2D eigenvalue weighted by atomic mass is 79.9. The van der Waals surface area contributed by atoms with Crippen molar-refractivity contribution < 1.29 is 4.74 Å². The monoisotopic (exact) mass is 411 g/mol. The number of hydrogen-bond donors (Lipinski definition) is 1. The Morgan fingerprint density at radius 1 is 1.00 bits per heavy atom. The number of rotatable bonds is 5. The van der Waals surface area contributed by atoms with Gasteiger partial charge in [0.15, 0.2) is 0 Å². The van der Waals surface area contributed by atoms with Crippen molar-refractivity contribution in [3.63, 3.8) is 0 Å². The van der Waals surface area contributed by atoms with E-state index in [2.05, 4.69) is 57.8 Å². The molecule has 112 valence electrons. The Balaban J connectivity index is 2.38. The summed E-state index contributed by atoms with van der Waals surface area (Å²) < 4.78 is 8.27. The number of hydrogen-bond acceptors (Lipinski definition) is 2. The van der Waals surface area contributed by atoms with E-state index < -0.39 is 0 Å². The molecule has 0 heterocycles. The van der Waals surface area contributed by atoms with E-state index in [1.165, 1.54) is 5.56 Å². The Morgan fingerprint density at radius 3 is 2.24 bits per heavy atom. The minimum absolute atomic E-state index is 0.394. The van der Waals surface area contributed by atoms with Crippen LogP contribution in [-0.2, 0) is 6.42 Å². The van der Waals surface area contributed by atoms with Gasteiger partial charge in [-0.3, -0.25) is 0 Å². The maximum Gasteiger partial charge on any atom is 0.130 e. The molecule has 0 saturated heterocycles. The molecule has 2 aromatic rings. The summed E-state index contributed by atoms with van der Waals surface area (Å²) in [5.41, 5.74) is 8.00. The Kier molecular flexibility index (Phi) is 5.85. The van der Waals surface area contributed by atoms with Gasteiger partial charge in [-0.2, -0.15) is 0 Å². The molecule has 0 amide bonds. The van der Waals surface area contributed by atoms with Gasteiger partial charge in [0.05, 0.1) is 0 Å². The largest absolute Gasteiger partial charge is 0.457 e. The maximum absolute atomic E-state index is 6.17. The van der Waals surface area contributed by atoms with Crippen LogP contribution in [-0.4, -0.2) is 6.54 Å². The first-order valence-corrected chi connectivity index (χ1v) is 8.55. The zero-order valence-electron chi connectivity index (χ0n) is 12.2. The fourth-order valence-electron chi connectivity index (χ4n) is 2.18. The topological polar surface area (TPSA) is 35.2 Å². The molecule has 2 aromatic carbocycles. The number of nitrogens with two attached hydrogens (primary N) is 1. The van der Waals surface area contributed by atoms with Crippen LogP contribution in [0.15, 0.2) is 45.3 Å². The number of benzene rings is 2. The van der Waals surface area contributed by atoms with Crippen LogP contribution >= 0.6 is 31.9 Å². The zero-order valence-corrected chi connectivity index (χ0v) is 15.4. The van der Waals surface area contributed by atoms with Crippen molar-refractivity contribution in [2.75, 3.05) is 6.54 Å². The molecule has 0 aromatic heterocycles. The van der Waals surface area contributed by atoms with E-state index in [-0.39, 0.29) is 0 Å². The predicted octanol–water partition coefficient (Wildman–Crippen LogP) is 5.63. The van der Waals surface area contributed by atoms with Gasteiger partial charge in [0, 0.05) is 8.95 Å². The summed E-state index contributed by atoms with van der Waals surface area (Å²) in [4.78, 5) is 0. The fourth-order valence-corrected chi connectivity index (χ4v) is 2.97. The van der Waals surface area contributed by atoms with Gasteiger partial charge in [-0.25, -0.2) is 0 Å². The second kappa shape index (κ2) is 7.43. The first-order valence-electron chi connectivity index (χ1n) is 6.97. The lowest BCUT2D eigenvalue weighted by atomic mass is 10.0. The summed E-state index contributed by atoms with van der Waals surface area (Å²) in [7, 11) is 0. The fraction of sp³-hybridized carbons (Fsp3) is 0.294. The van der Waals surface area contributed by atoms with E-state index in [4.69, 9.17) is 10.5 Å². The second-order valence-corrected chi connectivity index (χ2v) is 7.06. The highest BCUT2D eigenvalue weighted by Crippen LogP contribution is 2.35. The highest BCUT2D eigenvalue weighted by Gasteiger charge is 2.12. The SMILES string of the molecule is CC(C)c1cc(Br)ccc1Oc1ccc(Br)cc1CCN. The van der Waals surface area contributed by atoms with Crippen molar-refractivity contribution in [1.82, 2.24) is 0 Å². The van der Waals surface area contributed by atoms with Crippen LogP contribution in [0.25, 0.3) is 0 Å². The van der Waals surface area contributed by atoms with Gasteiger partial charge in [-0.15, -0.1) is 0 Å². The molecule has 2 rings (SSSR count). The van der Waals surface area contributed by atoms with Gasteiger partial charge in [0.1, 0.15) is 11.5 Å². The molecule has 21 heavy (non-hydrogen) atoms. The third-order valence-corrected chi connectivity index (χ3v) is 4.24. The molecule has 0 bridgehead atoms. The van der Waals surface area contributed by atoms with Gasteiger partial charge in [0.2, 0.25) is 0 Å². The molecule has 0 aliphatic carbocycles. The van der Waals surface area contributed by atoms with Crippen molar-refractivity contribution in [2.45, 2.75) is 26.2 Å². The van der Waals surface area contributed by atoms with Crippen LogP contribution in [0.1, 0.15) is 30.9 Å². The first-order chi connectivity index (χ1) is 10.0. The number of halogens is 2. The van der Waals surface area contributed by atoms with Gasteiger partial charge < -0.3 is 10.5 Å². The van der Waals surface area contributed by atoms with Crippen LogP contribution in [0.5, 0.6) is 11.5 Å². The molecule has 0 saturated carbocycles. The summed E-state index contributed by atoms with van der Waals surface area (Å²) >= 11 is 7.02. The minimum atomic E-state index is 0.394. The quantitative estimate of drug-likeness (QED) is 0.690. The number of ether oxygens (including phenoxy) is 1. The lowest BCUT2D eigenvalue weighted by Crippen LogP contribution is -2.04. The highest BCUT2D eigenvalue weighted by molar-refractivity contribution is 9.10. The average Bonchev–Trinajstić information content (AvgIpc) is 2.43. The van der Waals surface area contributed by atoms with Gasteiger partial charge >= 0.3 is 0 Å². The normalized spacial score (nSPS) is 11.0. The van der Waals surface area contributed by atoms with E-state index in [9.17, 15) is 0 Å². The van der Waals surface area contributed by atoms with Crippen LogP contribution in [0.4, 0.5) is 0 Å². The summed E-state index contributed by atoms with van der Waals surface area (Å²) in [6.45, 7) is 4.93. The molecule has 0 radical (unpaired) electrons. The van der Waals surface area contributed by atoms with E-state index in [1.807, 2.05) is 24.3 Å². The molecule has 0 atom stereocenters. The van der Waals surface area contributed by atoms with E-state index >= 15 is 0 Å². The molecular weight excluding hydrogens is 394 g/mol. The second-order valence-electron chi connectivity index (χ2n) is 5.23. The molecule has 0 unspecified atom stereocenters. The Morgan fingerprint density at radius 2 is 1.62 bits per heavy atom. The molecule has 0 aliphatic rings. The standard InChI is InChI=1S/C17H19Br2NO/c1-11(2)15-10-14(19)4-6-17(15)21-16-5-3-13(18)9-12(16)7-8-20/h3-6,9-11H,7-8,20H2,1-2H3. The lowest BCUT2D eigenvalue weighted by molar-refractivity contribution is 0.467. The van der Waals surface area contributed by atoms with Gasteiger partial charge in [0.25, 0.3) is 0 Å². The summed E-state index contributed by atoms with van der Waals surface area (Å²) in [5, 5.41) is 0. The Labute approximate surface area is 143 Å². The molecular formula is C17H19Br2NO. The third-order valence-electron chi connectivity index (χ3n) is 3.25. The minimum Gasteiger partial charge on any atom is -0.457 e. The van der Waals surface area contributed by atoms with E-state index in [0.29, 0.717) is 12.5 Å². The molecule has 2 nitrogen and oxygen atoms in total. The van der Waals surface area contributed by atoms with E-state index in [0.717, 1.165) is 32.4 Å². The van der Waals surface area contributed by atoms with Crippen LogP contribution in [0, 0.1) is 0 Å². The summed E-state index contributed by atoms with van der Waals surface area (Å²) in [6.07, 6.45) is 0.794. The van der Waals surface area contributed by atoms with Crippen molar-refractivity contribution in [3.05, 3.63) is 56.5 Å². The van der Waals surface area contributed by atoms with Crippen LogP contribution in [0.3, 0.4) is 0 Å². The molecule has 0 aliphatic heterocycles. The molecule has 4 heteroatoms. The molecule has 2 N–H and O–H groups in total. The van der Waals surface area contributed by atoms with Crippen LogP contribution in [0.2, 0.25) is 0 Å². The molecule has 0 spiro atoms. The van der Waals surface area contributed by atoms with Crippen molar-refractivity contribution >= 4 is 31.9 Å². The van der Waals surface area contributed by atoms with Crippen molar-refractivity contribution in [3.8, 4) is 11.5 Å².